The van der Waals surface area contributed by atoms with Crippen LogP contribution in [0.15, 0.2) is 41.3 Å². The number of rotatable bonds is 3. The van der Waals surface area contributed by atoms with Gasteiger partial charge in [-0.05, 0) is 43.5 Å². The summed E-state index contributed by atoms with van der Waals surface area (Å²) < 4.78 is 25.0. The van der Waals surface area contributed by atoms with Gasteiger partial charge in [-0.1, -0.05) is 23.8 Å². The molecule has 118 valence electrons. The van der Waals surface area contributed by atoms with Crippen LogP contribution in [0.1, 0.15) is 19.3 Å². The summed E-state index contributed by atoms with van der Waals surface area (Å²) >= 11 is 5.79. The van der Waals surface area contributed by atoms with Crippen molar-refractivity contribution in [1.29, 1.82) is 0 Å². The molecule has 1 fully saturated rings. The molecule has 0 unspecified atom stereocenters. The monoisotopic (exact) mass is 339 g/mol. The molecule has 0 N–H and O–H groups in total. The lowest BCUT2D eigenvalue weighted by atomic mass is 9.92. The number of likely N-dealkylation sites (tertiary alicyclic amines) is 1. The van der Waals surface area contributed by atoms with E-state index >= 15 is 0 Å². The fourth-order valence-corrected chi connectivity index (χ4v) is 4.69. The molecule has 1 atom stereocenters. The first kappa shape index (κ1) is 15.6. The Balaban J connectivity index is 1.63. The molecule has 22 heavy (non-hydrogen) atoms. The standard InChI is InChI=1S/C16H18ClNO3S/c17-13-6-8-14(9-7-13)22(20,21)15-10-18(11-15)16(19)12-4-2-1-3-5-12/h1-2,6-9,12,15H,3-5,10-11H2/t12-/m0/s1. The van der Waals surface area contributed by atoms with Gasteiger partial charge in [-0.2, -0.15) is 0 Å². The number of carbonyl (C=O) groups excluding carboxylic acids is 1. The number of hydrogen-bond acceptors (Lipinski definition) is 3. The average molecular weight is 340 g/mol. The molecule has 1 aromatic rings. The van der Waals surface area contributed by atoms with Crippen molar-refractivity contribution in [2.75, 3.05) is 13.1 Å². The van der Waals surface area contributed by atoms with Crippen molar-refractivity contribution in [3.8, 4) is 0 Å². The Labute approximate surface area is 135 Å². The number of halogens is 1. The van der Waals surface area contributed by atoms with Gasteiger partial charge in [-0.25, -0.2) is 8.42 Å². The molecule has 1 amide bonds. The molecule has 0 spiro atoms. The molecule has 6 heteroatoms. The third-order valence-electron chi connectivity index (χ3n) is 4.36. The van der Waals surface area contributed by atoms with E-state index in [1.165, 1.54) is 12.1 Å². The fourth-order valence-electron chi connectivity index (χ4n) is 2.91. The van der Waals surface area contributed by atoms with Crippen LogP contribution in [0.4, 0.5) is 0 Å². The summed E-state index contributed by atoms with van der Waals surface area (Å²) in [5.41, 5.74) is 0. The highest BCUT2D eigenvalue weighted by atomic mass is 35.5. The van der Waals surface area contributed by atoms with Crippen molar-refractivity contribution in [1.82, 2.24) is 4.90 Å². The van der Waals surface area contributed by atoms with E-state index in [9.17, 15) is 13.2 Å². The zero-order chi connectivity index (χ0) is 15.7. The maximum absolute atomic E-state index is 12.5. The predicted molar refractivity (Wildman–Crippen MR) is 85.5 cm³/mol. The van der Waals surface area contributed by atoms with Crippen molar-refractivity contribution in [2.24, 2.45) is 5.92 Å². The third-order valence-corrected chi connectivity index (χ3v) is 6.72. The first-order valence-corrected chi connectivity index (χ1v) is 9.34. The summed E-state index contributed by atoms with van der Waals surface area (Å²) in [5, 5.41) is 0.00600. The zero-order valence-corrected chi connectivity index (χ0v) is 13.7. The van der Waals surface area contributed by atoms with Gasteiger partial charge in [0.25, 0.3) is 0 Å². The molecule has 0 bridgehead atoms. The van der Waals surface area contributed by atoms with Crippen molar-refractivity contribution in [3.63, 3.8) is 0 Å². The van der Waals surface area contributed by atoms with Crippen molar-refractivity contribution in [2.45, 2.75) is 29.4 Å². The van der Waals surface area contributed by atoms with Crippen LogP contribution in [-0.4, -0.2) is 37.6 Å². The van der Waals surface area contributed by atoms with E-state index in [4.69, 9.17) is 11.6 Å². The first-order valence-electron chi connectivity index (χ1n) is 7.42. The molecule has 0 aromatic heterocycles. The minimum Gasteiger partial charge on any atom is -0.340 e. The topological polar surface area (TPSA) is 54.5 Å². The first-order chi connectivity index (χ1) is 10.5. The van der Waals surface area contributed by atoms with Crippen molar-refractivity contribution >= 4 is 27.3 Å². The second-order valence-corrected chi connectivity index (χ2v) is 8.51. The van der Waals surface area contributed by atoms with Gasteiger partial charge in [0, 0.05) is 24.0 Å². The lowest BCUT2D eigenvalue weighted by Crippen LogP contribution is -2.58. The number of allylic oxidation sites excluding steroid dienone is 2. The second kappa shape index (κ2) is 6.05. The Hall–Kier alpha value is -1.33. The number of nitrogens with zero attached hydrogens (tertiary/aromatic N) is 1. The summed E-state index contributed by atoms with van der Waals surface area (Å²) in [6, 6.07) is 6.19. The van der Waals surface area contributed by atoms with Crippen molar-refractivity contribution in [3.05, 3.63) is 41.4 Å². The third kappa shape index (κ3) is 2.92. The van der Waals surface area contributed by atoms with Gasteiger partial charge in [0.2, 0.25) is 5.91 Å². The lowest BCUT2D eigenvalue weighted by molar-refractivity contribution is -0.139. The molecule has 1 aromatic carbocycles. The summed E-state index contributed by atoms with van der Waals surface area (Å²) in [7, 11) is -3.38. The number of amides is 1. The Morgan fingerprint density at radius 1 is 1.14 bits per heavy atom. The molecule has 1 heterocycles. The number of sulfone groups is 1. The summed E-state index contributed by atoms with van der Waals surface area (Å²) in [6.07, 6.45) is 6.68. The molecule has 1 saturated heterocycles. The van der Waals surface area contributed by atoms with Crippen LogP contribution in [0, 0.1) is 5.92 Å². The fraction of sp³-hybridized carbons (Fsp3) is 0.438. The molecule has 0 radical (unpaired) electrons. The second-order valence-electron chi connectivity index (χ2n) is 5.85. The number of benzene rings is 1. The Morgan fingerprint density at radius 2 is 1.82 bits per heavy atom. The van der Waals surface area contributed by atoms with Gasteiger partial charge in [0.1, 0.15) is 5.25 Å². The molecule has 1 aliphatic heterocycles. The maximum Gasteiger partial charge on any atom is 0.226 e. The Bertz CT molecular complexity index is 691. The zero-order valence-electron chi connectivity index (χ0n) is 12.1. The minimum atomic E-state index is -3.38. The molecule has 1 aliphatic carbocycles. The van der Waals surface area contributed by atoms with Gasteiger partial charge in [-0.15, -0.1) is 0 Å². The summed E-state index contributed by atoms with van der Waals surface area (Å²) in [5.74, 6) is 0.107. The van der Waals surface area contributed by atoms with Crippen molar-refractivity contribution < 1.29 is 13.2 Å². The van der Waals surface area contributed by atoms with Gasteiger partial charge < -0.3 is 4.90 Å². The number of carbonyl (C=O) groups is 1. The van der Waals surface area contributed by atoms with Crippen LogP contribution >= 0.6 is 11.6 Å². The normalized spacial score (nSPS) is 22.4. The molecular formula is C16H18ClNO3S. The van der Waals surface area contributed by atoms with E-state index in [0.717, 1.165) is 19.3 Å². The molecule has 3 rings (SSSR count). The predicted octanol–water partition coefficient (Wildman–Crippen LogP) is 2.68. The largest absolute Gasteiger partial charge is 0.340 e. The molecule has 0 saturated carbocycles. The lowest BCUT2D eigenvalue weighted by Gasteiger charge is -2.40. The molecule has 2 aliphatic rings. The van der Waals surface area contributed by atoms with Crippen LogP contribution in [-0.2, 0) is 14.6 Å². The van der Waals surface area contributed by atoms with E-state index in [2.05, 4.69) is 6.08 Å². The highest BCUT2D eigenvalue weighted by Crippen LogP contribution is 2.28. The van der Waals surface area contributed by atoms with E-state index in [0.29, 0.717) is 18.1 Å². The maximum atomic E-state index is 12.5. The average Bonchev–Trinajstić information content (AvgIpc) is 2.46. The van der Waals surface area contributed by atoms with E-state index in [1.54, 1.807) is 17.0 Å². The smallest absolute Gasteiger partial charge is 0.226 e. The van der Waals surface area contributed by atoms with Crippen LogP contribution in [0.3, 0.4) is 0 Å². The van der Waals surface area contributed by atoms with Crippen LogP contribution in [0.2, 0.25) is 5.02 Å². The summed E-state index contributed by atoms with van der Waals surface area (Å²) in [4.78, 5) is 14.3. The van der Waals surface area contributed by atoms with Gasteiger partial charge in [0.05, 0.1) is 4.90 Å². The quantitative estimate of drug-likeness (QED) is 0.795. The van der Waals surface area contributed by atoms with Crippen LogP contribution in [0.25, 0.3) is 0 Å². The SMILES string of the molecule is O=C([C@H]1CC=CCC1)N1CC(S(=O)(=O)c2ccc(Cl)cc2)C1. The van der Waals surface area contributed by atoms with Gasteiger partial charge >= 0.3 is 0 Å². The minimum absolute atomic E-state index is 0.0178. The van der Waals surface area contributed by atoms with E-state index in [1.807, 2.05) is 6.08 Å². The van der Waals surface area contributed by atoms with Crippen LogP contribution in [0.5, 0.6) is 0 Å². The summed E-state index contributed by atoms with van der Waals surface area (Å²) in [6.45, 7) is 0.591. The number of hydrogen-bond donors (Lipinski definition) is 0. The van der Waals surface area contributed by atoms with E-state index < -0.39 is 15.1 Å². The molecular weight excluding hydrogens is 322 g/mol. The Morgan fingerprint density at radius 3 is 2.41 bits per heavy atom. The van der Waals surface area contributed by atoms with E-state index in [-0.39, 0.29) is 16.7 Å². The van der Waals surface area contributed by atoms with Crippen LogP contribution < -0.4 is 0 Å². The highest BCUT2D eigenvalue weighted by molar-refractivity contribution is 7.92. The van der Waals surface area contributed by atoms with Gasteiger partial charge in [0.15, 0.2) is 9.84 Å². The highest BCUT2D eigenvalue weighted by Gasteiger charge is 2.41. The van der Waals surface area contributed by atoms with Gasteiger partial charge in [-0.3, -0.25) is 4.79 Å². The molecule has 4 nitrogen and oxygen atoms in total. The Kier molecular flexibility index (Phi) is 4.28.